The highest BCUT2D eigenvalue weighted by molar-refractivity contribution is 5.92. The molecular formula is C23H26N4O2. The number of fused-ring (bicyclic) bond motifs is 4. The first kappa shape index (κ1) is 18.0. The number of hydrogen-bond donors (Lipinski definition) is 0. The third kappa shape index (κ3) is 2.55. The zero-order chi connectivity index (χ0) is 20.2. The van der Waals surface area contributed by atoms with Gasteiger partial charge < -0.3 is 18.8 Å². The number of amides is 1. The number of rotatable bonds is 3. The SMILES string of the molecule is CCCN1c2cccnc2-n2cccc2[C@@]12CCN(C(=O)c1cc(C)c(C)o1)C2. The molecule has 3 aromatic rings. The van der Waals surface area contributed by atoms with Crippen LogP contribution in [-0.4, -0.2) is 40.0 Å². The Hall–Kier alpha value is -3.02. The van der Waals surface area contributed by atoms with Crippen molar-refractivity contribution < 1.29 is 9.21 Å². The van der Waals surface area contributed by atoms with E-state index >= 15 is 0 Å². The second-order valence-corrected chi connectivity index (χ2v) is 8.12. The number of anilines is 1. The van der Waals surface area contributed by atoms with Crippen molar-refractivity contribution in [2.45, 2.75) is 39.2 Å². The number of nitrogens with zero attached hydrogens (tertiary/aromatic N) is 4. The van der Waals surface area contributed by atoms with E-state index in [4.69, 9.17) is 4.42 Å². The molecule has 3 aromatic heterocycles. The lowest BCUT2D eigenvalue weighted by Crippen LogP contribution is -2.53. The molecule has 6 nitrogen and oxygen atoms in total. The van der Waals surface area contributed by atoms with E-state index in [1.807, 2.05) is 37.1 Å². The van der Waals surface area contributed by atoms with Crippen LogP contribution in [0.4, 0.5) is 5.69 Å². The fourth-order valence-electron chi connectivity index (χ4n) is 4.89. The molecule has 150 valence electrons. The van der Waals surface area contributed by atoms with Gasteiger partial charge in [-0.2, -0.15) is 0 Å². The molecule has 0 bridgehead atoms. The number of likely N-dealkylation sites (tertiary alicyclic amines) is 1. The van der Waals surface area contributed by atoms with Gasteiger partial charge in [0.25, 0.3) is 5.91 Å². The van der Waals surface area contributed by atoms with Gasteiger partial charge in [-0.1, -0.05) is 6.92 Å². The summed E-state index contributed by atoms with van der Waals surface area (Å²) in [6.45, 7) is 8.34. The van der Waals surface area contributed by atoms with Gasteiger partial charge in [-0.25, -0.2) is 4.98 Å². The van der Waals surface area contributed by atoms with Crippen LogP contribution in [0.1, 0.15) is 47.3 Å². The Morgan fingerprint density at radius 3 is 2.90 bits per heavy atom. The summed E-state index contributed by atoms with van der Waals surface area (Å²) in [4.78, 5) is 22.3. The monoisotopic (exact) mass is 390 g/mol. The summed E-state index contributed by atoms with van der Waals surface area (Å²) in [5.74, 6) is 2.19. The lowest BCUT2D eigenvalue weighted by molar-refractivity contribution is 0.0749. The van der Waals surface area contributed by atoms with E-state index in [1.165, 1.54) is 5.69 Å². The minimum atomic E-state index is -0.248. The van der Waals surface area contributed by atoms with Crippen molar-refractivity contribution >= 4 is 11.6 Å². The van der Waals surface area contributed by atoms with Gasteiger partial charge in [-0.05, 0) is 62.6 Å². The second-order valence-electron chi connectivity index (χ2n) is 8.12. The molecule has 0 unspecified atom stereocenters. The highest BCUT2D eigenvalue weighted by Gasteiger charge is 2.50. The van der Waals surface area contributed by atoms with Crippen LogP contribution in [0.5, 0.6) is 0 Å². The first-order valence-corrected chi connectivity index (χ1v) is 10.3. The summed E-state index contributed by atoms with van der Waals surface area (Å²) in [5, 5.41) is 0. The molecular weight excluding hydrogens is 364 g/mol. The quantitative estimate of drug-likeness (QED) is 0.677. The van der Waals surface area contributed by atoms with E-state index in [2.05, 4.69) is 45.8 Å². The number of hydrogen-bond acceptors (Lipinski definition) is 4. The highest BCUT2D eigenvalue weighted by atomic mass is 16.4. The number of aromatic nitrogens is 2. The average Bonchev–Trinajstić information content (AvgIpc) is 3.45. The molecule has 0 saturated carbocycles. The molecule has 0 radical (unpaired) electrons. The van der Waals surface area contributed by atoms with Crippen molar-refractivity contribution in [3.63, 3.8) is 0 Å². The number of pyridine rings is 1. The molecule has 1 fully saturated rings. The summed E-state index contributed by atoms with van der Waals surface area (Å²) in [7, 11) is 0. The Kier molecular flexibility index (Phi) is 4.05. The molecule has 1 atom stereocenters. The molecule has 1 spiro atoms. The van der Waals surface area contributed by atoms with E-state index in [9.17, 15) is 4.79 Å². The van der Waals surface area contributed by atoms with Crippen molar-refractivity contribution in [1.82, 2.24) is 14.5 Å². The largest absolute Gasteiger partial charge is 0.456 e. The van der Waals surface area contributed by atoms with Crippen LogP contribution in [0.25, 0.3) is 5.82 Å². The van der Waals surface area contributed by atoms with E-state index in [-0.39, 0.29) is 11.4 Å². The zero-order valence-electron chi connectivity index (χ0n) is 17.2. The number of carbonyl (C=O) groups is 1. The van der Waals surface area contributed by atoms with E-state index in [0.29, 0.717) is 18.8 Å². The molecule has 5 heterocycles. The minimum Gasteiger partial charge on any atom is -0.456 e. The molecule has 0 N–H and O–H groups in total. The normalized spacial score (nSPS) is 20.2. The Morgan fingerprint density at radius 2 is 2.14 bits per heavy atom. The third-order valence-electron chi connectivity index (χ3n) is 6.39. The molecule has 6 heteroatoms. The van der Waals surface area contributed by atoms with E-state index in [0.717, 1.165) is 42.2 Å². The van der Waals surface area contributed by atoms with Crippen molar-refractivity contribution in [1.29, 1.82) is 0 Å². The predicted octanol–water partition coefficient (Wildman–Crippen LogP) is 4.05. The average molecular weight is 390 g/mol. The van der Waals surface area contributed by atoms with Gasteiger partial charge in [0.15, 0.2) is 11.6 Å². The van der Waals surface area contributed by atoms with Crippen LogP contribution in [-0.2, 0) is 5.54 Å². The van der Waals surface area contributed by atoms with Crippen molar-refractivity contribution in [2.75, 3.05) is 24.5 Å². The third-order valence-corrected chi connectivity index (χ3v) is 6.39. The Bertz CT molecular complexity index is 1060. The summed E-state index contributed by atoms with van der Waals surface area (Å²) < 4.78 is 7.92. The van der Waals surface area contributed by atoms with Crippen molar-refractivity contribution in [3.05, 3.63) is 65.5 Å². The Labute approximate surface area is 170 Å². The van der Waals surface area contributed by atoms with Gasteiger partial charge in [0.2, 0.25) is 0 Å². The minimum absolute atomic E-state index is 0.0235. The molecule has 1 saturated heterocycles. The topological polar surface area (TPSA) is 54.5 Å². The first-order chi connectivity index (χ1) is 14.0. The molecule has 2 aliphatic heterocycles. The van der Waals surface area contributed by atoms with Crippen LogP contribution in [0.2, 0.25) is 0 Å². The standard InChI is InChI=1S/C23H26N4O2/c1-4-11-27-18-7-5-10-24-21(18)26-12-6-8-20(26)23(27)9-13-25(15-23)22(28)19-14-16(2)17(3)29-19/h5-8,10,12,14H,4,9,11,13,15H2,1-3H3/t23-/m0/s1. The highest BCUT2D eigenvalue weighted by Crippen LogP contribution is 2.47. The van der Waals surface area contributed by atoms with E-state index in [1.54, 1.807) is 0 Å². The van der Waals surface area contributed by atoms with Gasteiger partial charge in [-0.3, -0.25) is 4.79 Å². The van der Waals surface area contributed by atoms with Gasteiger partial charge >= 0.3 is 0 Å². The van der Waals surface area contributed by atoms with Gasteiger partial charge in [0, 0.05) is 25.5 Å². The first-order valence-electron chi connectivity index (χ1n) is 10.3. The maximum Gasteiger partial charge on any atom is 0.289 e. The number of carbonyl (C=O) groups excluding carboxylic acids is 1. The van der Waals surface area contributed by atoms with Crippen molar-refractivity contribution in [2.24, 2.45) is 0 Å². The Morgan fingerprint density at radius 1 is 1.28 bits per heavy atom. The zero-order valence-corrected chi connectivity index (χ0v) is 17.2. The van der Waals surface area contributed by atoms with Crippen LogP contribution >= 0.6 is 0 Å². The lowest BCUT2D eigenvalue weighted by Gasteiger charge is -2.47. The smallest absolute Gasteiger partial charge is 0.289 e. The maximum absolute atomic E-state index is 13.2. The van der Waals surface area contributed by atoms with Crippen LogP contribution in [0.3, 0.4) is 0 Å². The van der Waals surface area contributed by atoms with Crippen LogP contribution < -0.4 is 4.90 Å². The molecule has 2 aliphatic rings. The second kappa shape index (κ2) is 6.51. The predicted molar refractivity (Wildman–Crippen MR) is 112 cm³/mol. The fraction of sp³-hybridized carbons (Fsp3) is 0.391. The summed E-state index contributed by atoms with van der Waals surface area (Å²) >= 11 is 0. The van der Waals surface area contributed by atoms with Gasteiger partial charge in [0.05, 0.1) is 17.9 Å². The molecule has 29 heavy (non-hydrogen) atoms. The van der Waals surface area contributed by atoms with Gasteiger partial charge in [-0.15, -0.1) is 0 Å². The maximum atomic E-state index is 13.2. The lowest BCUT2D eigenvalue weighted by atomic mass is 9.88. The summed E-state index contributed by atoms with van der Waals surface area (Å²) in [6, 6.07) is 10.3. The molecule has 1 amide bonds. The number of furan rings is 1. The summed E-state index contributed by atoms with van der Waals surface area (Å²) in [5.41, 5.74) is 3.11. The van der Waals surface area contributed by atoms with Crippen LogP contribution in [0.15, 0.2) is 47.1 Å². The van der Waals surface area contributed by atoms with E-state index < -0.39 is 0 Å². The van der Waals surface area contributed by atoms with Gasteiger partial charge in [0.1, 0.15) is 11.3 Å². The number of aryl methyl sites for hydroxylation is 2. The molecule has 0 aromatic carbocycles. The summed E-state index contributed by atoms with van der Waals surface area (Å²) in [6.07, 6.45) is 5.84. The fourth-order valence-corrected chi connectivity index (χ4v) is 4.89. The molecule has 5 rings (SSSR count). The van der Waals surface area contributed by atoms with Crippen molar-refractivity contribution in [3.8, 4) is 5.82 Å². The van der Waals surface area contributed by atoms with Crippen LogP contribution in [0, 0.1) is 13.8 Å². The Balaban J connectivity index is 1.56. The molecule has 0 aliphatic carbocycles.